The van der Waals surface area contributed by atoms with Crippen molar-refractivity contribution in [3.8, 4) is 11.5 Å². The van der Waals surface area contributed by atoms with Crippen LogP contribution in [0.25, 0.3) is 11.5 Å². The second-order valence-electron chi connectivity index (χ2n) is 9.57. The lowest BCUT2D eigenvalue weighted by Crippen LogP contribution is -2.53. The molecule has 3 aromatic heterocycles. The van der Waals surface area contributed by atoms with Crippen LogP contribution in [0.5, 0.6) is 0 Å². The van der Waals surface area contributed by atoms with Crippen molar-refractivity contribution < 1.29 is 0 Å². The normalized spacial score (nSPS) is 18.2. The van der Waals surface area contributed by atoms with Crippen LogP contribution in [0.2, 0.25) is 0 Å². The van der Waals surface area contributed by atoms with Crippen molar-refractivity contribution in [3.05, 3.63) is 89.6 Å². The Balaban J connectivity index is 1.26. The molecule has 2 N–H and O–H groups in total. The van der Waals surface area contributed by atoms with E-state index in [0.29, 0.717) is 36.0 Å². The number of aromatic nitrogens is 5. The lowest BCUT2D eigenvalue weighted by molar-refractivity contribution is 0.166. The summed E-state index contributed by atoms with van der Waals surface area (Å²) in [5.41, 5.74) is 4.19. The number of piperazine rings is 1. The number of anilines is 2. The molecule has 4 heterocycles. The SMILES string of the molecule is Cc1cccc(-c2nccc(Nc3ccnc(Cc4cccc(CN5C[C@@H](C)N[C@@H](C)C5)c4)n3)n2)n1. The molecule has 1 fully saturated rings. The summed E-state index contributed by atoms with van der Waals surface area (Å²) < 4.78 is 0. The topological polar surface area (TPSA) is 91.8 Å². The number of hydrogen-bond donors (Lipinski definition) is 2. The Morgan fingerprint density at radius 3 is 2.39 bits per heavy atom. The first-order chi connectivity index (χ1) is 17.5. The van der Waals surface area contributed by atoms with Gasteiger partial charge in [-0.2, -0.15) is 0 Å². The van der Waals surface area contributed by atoms with Gasteiger partial charge in [0.05, 0.1) is 0 Å². The summed E-state index contributed by atoms with van der Waals surface area (Å²) in [5.74, 6) is 2.69. The lowest BCUT2D eigenvalue weighted by Gasteiger charge is -2.36. The molecule has 0 unspecified atom stereocenters. The van der Waals surface area contributed by atoms with E-state index in [4.69, 9.17) is 4.98 Å². The molecule has 1 aromatic carbocycles. The van der Waals surface area contributed by atoms with Gasteiger partial charge in [-0.15, -0.1) is 0 Å². The van der Waals surface area contributed by atoms with Gasteiger partial charge in [-0.3, -0.25) is 4.90 Å². The standard InChI is InChI=1S/C28H32N8/c1-19-6-4-9-24(32-19)28-30-13-11-26(35-28)33-25-10-12-29-27(34-25)15-22-7-5-8-23(14-22)18-36-16-20(2)31-21(3)17-36/h4-14,20-21,31H,15-18H2,1-3H3,(H,29,30,33,34,35)/t20-,21+. The van der Waals surface area contributed by atoms with Crippen molar-refractivity contribution in [1.82, 2.24) is 35.1 Å². The molecule has 0 saturated carbocycles. The van der Waals surface area contributed by atoms with Crippen molar-refractivity contribution in [2.75, 3.05) is 18.4 Å². The summed E-state index contributed by atoms with van der Waals surface area (Å²) >= 11 is 0. The second kappa shape index (κ2) is 10.9. The zero-order valence-electron chi connectivity index (χ0n) is 21.0. The maximum Gasteiger partial charge on any atom is 0.180 e. The van der Waals surface area contributed by atoms with Gasteiger partial charge in [-0.1, -0.05) is 30.3 Å². The summed E-state index contributed by atoms with van der Waals surface area (Å²) in [4.78, 5) is 25.3. The zero-order valence-corrected chi connectivity index (χ0v) is 21.0. The fraction of sp³-hybridized carbons (Fsp3) is 0.321. The van der Waals surface area contributed by atoms with Crippen molar-refractivity contribution in [2.45, 2.75) is 45.8 Å². The number of pyridine rings is 1. The minimum atomic E-state index is 0.514. The van der Waals surface area contributed by atoms with E-state index in [1.165, 1.54) is 11.1 Å². The van der Waals surface area contributed by atoms with Gasteiger partial charge in [0, 0.05) is 56.2 Å². The van der Waals surface area contributed by atoms with Crippen molar-refractivity contribution in [3.63, 3.8) is 0 Å². The van der Waals surface area contributed by atoms with Gasteiger partial charge in [0.25, 0.3) is 0 Å². The summed E-state index contributed by atoms with van der Waals surface area (Å²) in [5, 5.41) is 6.89. The van der Waals surface area contributed by atoms with Crippen LogP contribution in [0.1, 0.15) is 36.5 Å². The highest BCUT2D eigenvalue weighted by Crippen LogP contribution is 2.18. The Morgan fingerprint density at radius 2 is 1.58 bits per heavy atom. The Labute approximate surface area is 212 Å². The third-order valence-corrected chi connectivity index (χ3v) is 6.13. The van der Waals surface area contributed by atoms with Gasteiger partial charge in [0.1, 0.15) is 23.2 Å². The average Bonchev–Trinajstić information content (AvgIpc) is 2.84. The Hall–Kier alpha value is -3.75. The molecule has 1 aliphatic heterocycles. The summed E-state index contributed by atoms with van der Waals surface area (Å²) in [7, 11) is 0. The average molecular weight is 481 g/mol. The third kappa shape index (κ3) is 6.27. The number of nitrogens with zero attached hydrogens (tertiary/aromatic N) is 6. The molecule has 36 heavy (non-hydrogen) atoms. The third-order valence-electron chi connectivity index (χ3n) is 6.13. The van der Waals surface area contributed by atoms with E-state index in [-0.39, 0.29) is 0 Å². The second-order valence-corrected chi connectivity index (χ2v) is 9.57. The molecule has 4 aromatic rings. The first-order valence-electron chi connectivity index (χ1n) is 12.4. The van der Waals surface area contributed by atoms with E-state index in [9.17, 15) is 0 Å². The number of hydrogen-bond acceptors (Lipinski definition) is 8. The fourth-order valence-electron chi connectivity index (χ4n) is 4.75. The largest absolute Gasteiger partial charge is 0.325 e. The van der Waals surface area contributed by atoms with Gasteiger partial charge in [0.2, 0.25) is 0 Å². The highest BCUT2D eigenvalue weighted by Gasteiger charge is 2.20. The van der Waals surface area contributed by atoms with E-state index in [0.717, 1.165) is 36.8 Å². The molecule has 0 aliphatic carbocycles. The van der Waals surface area contributed by atoms with Crippen LogP contribution in [0.3, 0.4) is 0 Å². The molecule has 1 aliphatic rings. The monoisotopic (exact) mass is 480 g/mol. The van der Waals surface area contributed by atoms with Crippen LogP contribution in [0, 0.1) is 6.92 Å². The molecule has 0 spiro atoms. The smallest absolute Gasteiger partial charge is 0.180 e. The number of nitrogens with one attached hydrogen (secondary N) is 2. The zero-order chi connectivity index (χ0) is 24.9. The molecular formula is C28H32N8. The van der Waals surface area contributed by atoms with Crippen molar-refractivity contribution in [2.24, 2.45) is 0 Å². The quantitative estimate of drug-likeness (QED) is 0.408. The lowest BCUT2D eigenvalue weighted by atomic mass is 10.1. The summed E-state index contributed by atoms with van der Waals surface area (Å²) in [6.07, 6.45) is 4.17. The maximum atomic E-state index is 4.73. The van der Waals surface area contributed by atoms with E-state index >= 15 is 0 Å². The Kier molecular flexibility index (Phi) is 7.25. The van der Waals surface area contributed by atoms with Gasteiger partial charge in [-0.05, 0) is 56.2 Å². The van der Waals surface area contributed by atoms with Gasteiger partial charge in [-0.25, -0.2) is 24.9 Å². The molecule has 0 amide bonds. The van der Waals surface area contributed by atoms with Gasteiger partial charge < -0.3 is 10.6 Å². The maximum absolute atomic E-state index is 4.73. The number of aryl methyl sites for hydroxylation is 1. The van der Waals surface area contributed by atoms with Gasteiger partial charge >= 0.3 is 0 Å². The predicted octanol–water partition coefficient (Wildman–Crippen LogP) is 4.15. The van der Waals surface area contributed by atoms with Crippen LogP contribution < -0.4 is 10.6 Å². The molecule has 8 nitrogen and oxygen atoms in total. The van der Waals surface area contributed by atoms with Crippen LogP contribution in [0.15, 0.2) is 67.0 Å². The Morgan fingerprint density at radius 1 is 0.861 bits per heavy atom. The Bertz CT molecular complexity index is 1310. The van der Waals surface area contributed by atoms with Crippen molar-refractivity contribution in [1.29, 1.82) is 0 Å². The summed E-state index contributed by atoms with van der Waals surface area (Å²) in [6.45, 7) is 9.54. The number of benzene rings is 1. The van der Waals surface area contributed by atoms with Crippen molar-refractivity contribution >= 4 is 11.6 Å². The molecule has 2 atom stereocenters. The molecular weight excluding hydrogens is 448 g/mol. The number of rotatable bonds is 7. The van der Waals surface area contributed by atoms with Gasteiger partial charge in [0.15, 0.2) is 5.82 Å². The molecule has 0 bridgehead atoms. The highest BCUT2D eigenvalue weighted by molar-refractivity contribution is 5.56. The minimum absolute atomic E-state index is 0.514. The van der Waals surface area contributed by atoms with Crippen LogP contribution in [-0.4, -0.2) is 55.0 Å². The fourth-order valence-corrected chi connectivity index (χ4v) is 4.75. The predicted molar refractivity (Wildman–Crippen MR) is 142 cm³/mol. The first kappa shape index (κ1) is 24.0. The van der Waals surface area contributed by atoms with E-state index in [1.807, 2.05) is 37.3 Å². The summed E-state index contributed by atoms with van der Waals surface area (Å²) in [6, 6.07) is 19.3. The molecule has 184 valence electrons. The molecule has 1 saturated heterocycles. The minimum Gasteiger partial charge on any atom is -0.325 e. The van der Waals surface area contributed by atoms with Crippen LogP contribution in [-0.2, 0) is 13.0 Å². The molecule has 8 heteroatoms. The molecule has 5 rings (SSSR count). The van der Waals surface area contributed by atoms with E-state index < -0.39 is 0 Å². The highest BCUT2D eigenvalue weighted by atomic mass is 15.2. The van der Waals surface area contributed by atoms with E-state index in [2.05, 4.69) is 73.6 Å². The molecule has 0 radical (unpaired) electrons. The van der Waals surface area contributed by atoms with Crippen LogP contribution in [0.4, 0.5) is 11.6 Å². The first-order valence-corrected chi connectivity index (χ1v) is 12.4. The van der Waals surface area contributed by atoms with E-state index in [1.54, 1.807) is 12.4 Å². The van der Waals surface area contributed by atoms with Crippen LogP contribution >= 0.6 is 0 Å².